The summed E-state index contributed by atoms with van der Waals surface area (Å²) < 4.78 is 75.2. The summed E-state index contributed by atoms with van der Waals surface area (Å²) in [5.74, 6) is -2.35. The zero-order valence-electron chi connectivity index (χ0n) is 13.9. The molecule has 0 saturated heterocycles. The zero-order chi connectivity index (χ0) is 20.2. The second kappa shape index (κ2) is 7.84. The number of rotatable bonds is 6. The van der Waals surface area contributed by atoms with Crippen LogP contribution in [0.2, 0.25) is 0 Å². The molecule has 0 radical (unpaired) electrons. The van der Waals surface area contributed by atoms with E-state index in [0.29, 0.717) is 30.0 Å². The van der Waals surface area contributed by atoms with Crippen molar-refractivity contribution in [3.63, 3.8) is 0 Å². The number of nitrogens with zero attached hydrogens (tertiary/aromatic N) is 4. The number of carbonyl (C=O) groups excluding carboxylic acids is 1. The van der Waals surface area contributed by atoms with E-state index in [4.69, 9.17) is 0 Å². The third-order valence-corrected chi connectivity index (χ3v) is 3.40. The molecule has 0 saturated carbocycles. The second-order valence-corrected chi connectivity index (χ2v) is 5.49. The van der Waals surface area contributed by atoms with E-state index < -0.39 is 24.0 Å². The van der Waals surface area contributed by atoms with Crippen LogP contribution in [0.5, 0.6) is 0 Å². The first-order valence-corrected chi connectivity index (χ1v) is 7.54. The lowest BCUT2D eigenvalue weighted by Gasteiger charge is -2.16. The Morgan fingerprint density at radius 2 is 1.89 bits per heavy atom. The number of anilines is 1. The molecule has 12 heteroatoms. The standard InChI is InChI=1S/C15H14F6N4O2/c1-24(27-13(26)15(19,20)21)11-8-23-25(9-11)6-2-3-10-4-5-12(22-7-10)14(16,17)18/h4-5,7-9H,2-3,6H2,1H3. The van der Waals surface area contributed by atoms with Gasteiger partial charge in [-0.2, -0.15) is 31.4 Å². The molecule has 2 rings (SSSR count). The molecule has 0 aliphatic heterocycles. The summed E-state index contributed by atoms with van der Waals surface area (Å²) in [4.78, 5) is 18.3. The molecule has 0 amide bonds. The Labute approximate surface area is 149 Å². The van der Waals surface area contributed by atoms with Gasteiger partial charge in [0, 0.05) is 19.8 Å². The number of carbonyl (C=O) groups is 1. The molecule has 2 heterocycles. The van der Waals surface area contributed by atoms with Crippen molar-refractivity contribution in [2.75, 3.05) is 12.1 Å². The molecule has 0 aliphatic rings. The van der Waals surface area contributed by atoms with Crippen LogP contribution >= 0.6 is 0 Å². The molecule has 0 N–H and O–H groups in total. The fourth-order valence-electron chi connectivity index (χ4n) is 2.05. The van der Waals surface area contributed by atoms with Gasteiger partial charge in [0.25, 0.3) is 0 Å². The third kappa shape index (κ3) is 5.86. The van der Waals surface area contributed by atoms with Crippen molar-refractivity contribution in [3.05, 3.63) is 42.0 Å². The summed E-state index contributed by atoms with van der Waals surface area (Å²) >= 11 is 0. The zero-order valence-corrected chi connectivity index (χ0v) is 13.9. The van der Waals surface area contributed by atoms with E-state index in [-0.39, 0.29) is 5.69 Å². The lowest BCUT2D eigenvalue weighted by Crippen LogP contribution is -2.32. The van der Waals surface area contributed by atoms with Crippen LogP contribution in [0.4, 0.5) is 32.0 Å². The first kappa shape index (κ1) is 20.5. The van der Waals surface area contributed by atoms with Crippen LogP contribution in [-0.4, -0.2) is 34.0 Å². The Kier molecular flexibility index (Phi) is 5.96. The molecular weight excluding hydrogens is 382 g/mol. The SMILES string of the molecule is CN(OC(=O)C(F)(F)F)c1cnn(CCCc2ccc(C(F)(F)F)nc2)c1. The highest BCUT2D eigenvalue weighted by Gasteiger charge is 2.42. The molecular formula is C15H14F6N4O2. The number of hydroxylamine groups is 1. The number of alkyl halides is 6. The van der Waals surface area contributed by atoms with Gasteiger partial charge in [-0.05, 0) is 24.5 Å². The maximum absolute atomic E-state index is 12.4. The molecule has 2 aromatic rings. The monoisotopic (exact) mass is 396 g/mol. The lowest BCUT2D eigenvalue weighted by molar-refractivity contribution is -0.200. The fourth-order valence-corrected chi connectivity index (χ4v) is 2.05. The predicted octanol–water partition coefficient (Wildman–Crippen LogP) is 3.39. The van der Waals surface area contributed by atoms with Crippen LogP contribution in [0.15, 0.2) is 30.7 Å². The summed E-state index contributed by atoms with van der Waals surface area (Å²) in [6, 6.07) is 2.22. The predicted molar refractivity (Wildman–Crippen MR) is 80.3 cm³/mol. The molecule has 0 spiro atoms. The minimum Gasteiger partial charge on any atom is -0.332 e. The smallest absolute Gasteiger partial charge is 0.332 e. The van der Waals surface area contributed by atoms with Gasteiger partial charge in [0.05, 0.1) is 12.4 Å². The van der Waals surface area contributed by atoms with E-state index in [1.165, 1.54) is 23.1 Å². The van der Waals surface area contributed by atoms with Crippen molar-refractivity contribution >= 4 is 11.7 Å². The second-order valence-electron chi connectivity index (χ2n) is 5.49. The van der Waals surface area contributed by atoms with Crippen LogP contribution < -0.4 is 5.06 Å². The average molecular weight is 396 g/mol. The molecule has 6 nitrogen and oxygen atoms in total. The normalized spacial score (nSPS) is 12.1. The van der Waals surface area contributed by atoms with Gasteiger partial charge in [-0.3, -0.25) is 9.67 Å². The number of hydrogen-bond acceptors (Lipinski definition) is 5. The molecule has 0 unspecified atom stereocenters. The maximum Gasteiger partial charge on any atom is 0.493 e. The number of pyridine rings is 1. The minimum atomic E-state index is -5.11. The Bertz CT molecular complexity index is 770. The summed E-state index contributed by atoms with van der Waals surface area (Å²) in [5.41, 5.74) is -0.241. The van der Waals surface area contributed by atoms with Gasteiger partial charge in [0.2, 0.25) is 0 Å². The number of hydrogen-bond donors (Lipinski definition) is 0. The summed E-state index contributed by atoms with van der Waals surface area (Å²) in [5, 5.41) is 4.56. The van der Waals surface area contributed by atoms with Gasteiger partial charge in [-0.1, -0.05) is 6.07 Å². The number of aromatic nitrogens is 3. The highest BCUT2D eigenvalue weighted by atomic mass is 19.4. The van der Waals surface area contributed by atoms with Gasteiger partial charge in [0.15, 0.2) is 0 Å². The van der Waals surface area contributed by atoms with Crippen molar-refractivity contribution in [3.8, 4) is 0 Å². The van der Waals surface area contributed by atoms with Gasteiger partial charge in [-0.15, -0.1) is 0 Å². The molecule has 0 atom stereocenters. The molecule has 2 aromatic heterocycles. The largest absolute Gasteiger partial charge is 0.493 e. The van der Waals surface area contributed by atoms with Gasteiger partial charge >= 0.3 is 18.3 Å². The van der Waals surface area contributed by atoms with Gasteiger partial charge in [-0.25, -0.2) is 9.86 Å². The van der Waals surface area contributed by atoms with Crippen LogP contribution in [0, 0.1) is 0 Å². The number of aryl methyl sites for hydroxylation is 2. The Hall–Kier alpha value is -2.79. The number of halogens is 6. The maximum atomic E-state index is 12.4. The summed E-state index contributed by atoms with van der Waals surface area (Å²) in [6.45, 7) is 0.349. The lowest BCUT2D eigenvalue weighted by atomic mass is 10.1. The first-order valence-electron chi connectivity index (χ1n) is 7.54. The first-order chi connectivity index (χ1) is 12.5. The van der Waals surface area contributed by atoms with Gasteiger partial charge < -0.3 is 4.84 Å². The minimum absolute atomic E-state index is 0.129. The Balaban J connectivity index is 1.85. The van der Waals surface area contributed by atoms with Crippen LogP contribution in [0.25, 0.3) is 0 Å². The van der Waals surface area contributed by atoms with E-state index in [2.05, 4.69) is 14.9 Å². The topological polar surface area (TPSA) is 60.2 Å². The fraction of sp³-hybridized carbons (Fsp3) is 0.400. The van der Waals surface area contributed by atoms with E-state index in [9.17, 15) is 31.1 Å². The molecule has 0 aromatic carbocycles. The van der Waals surface area contributed by atoms with E-state index in [0.717, 1.165) is 19.3 Å². The van der Waals surface area contributed by atoms with Crippen LogP contribution in [-0.2, 0) is 28.8 Å². The van der Waals surface area contributed by atoms with Crippen molar-refractivity contribution in [1.82, 2.24) is 14.8 Å². The molecule has 148 valence electrons. The molecule has 0 aliphatic carbocycles. The summed E-state index contributed by atoms with van der Waals surface area (Å²) in [7, 11) is 1.12. The molecule has 0 fully saturated rings. The van der Waals surface area contributed by atoms with Crippen molar-refractivity contribution in [2.24, 2.45) is 0 Å². The Morgan fingerprint density at radius 1 is 1.19 bits per heavy atom. The van der Waals surface area contributed by atoms with Crippen molar-refractivity contribution < 1.29 is 36.0 Å². The average Bonchev–Trinajstić information content (AvgIpc) is 3.02. The molecule has 27 heavy (non-hydrogen) atoms. The highest BCUT2D eigenvalue weighted by molar-refractivity contribution is 5.76. The highest BCUT2D eigenvalue weighted by Crippen LogP contribution is 2.27. The van der Waals surface area contributed by atoms with Crippen LogP contribution in [0.3, 0.4) is 0 Å². The van der Waals surface area contributed by atoms with Crippen molar-refractivity contribution in [1.29, 1.82) is 0 Å². The van der Waals surface area contributed by atoms with E-state index in [1.54, 1.807) is 0 Å². The Morgan fingerprint density at radius 3 is 2.44 bits per heavy atom. The van der Waals surface area contributed by atoms with E-state index >= 15 is 0 Å². The van der Waals surface area contributed by atoms with Gasteiger partial charge in [0.1, 0.15) is 11.4 Å². The van der Waals surface area contributed by atoms with Crippen molar-refractivity contribution in [2.45, 2.75) is 31.7 Å². The van der Waals surface area contributed by atoms with Crippen LogP contribution in [0.1, 0.15) is 17.7 Å². The quantitative estimate of drug-likeness (QED) is 0.554. The molecule has 0 bridgehead atoms. The van der Waals surface area contributed by atoms with E-state index in [1.807, 2.05) is 0 Å². The third-order valence-electron chi connectivity index (χ3n) is 3.40. The summed E-state index contributed by atoms with van der Waals surface area (Å²) in [6.07, 6.45) is -4.95.